The second kappa shape index (κ2) is 4.97. The first-order valence-electron chi connectivity index (χ1n) is 5.58. The summed E-state index contributed by atoms with van der Waals surface area (Å²) in [4.78, 5) is 4.41. The number of fused-ring (bicyclic) bond motifs is 1. The second-order valence-electron chi connectivity index (χ2n) is 4.06. The van der Waals surface area contributed by atoms with Gasteiger partial charge < -0.3 is 5.73 Å². The maximum absolute atomic E-state index is 13.8. The number of imidazole rings is 1. The number of nitrogen functional groups attached to an aromatic ring is 1. The van der Waals surface area contributed by atoms with Gasteiger partial charge in [0.15, 0.2) is 10.8 Å². The quantitative estimate of drug-likeness (QED) is 0.719. The molecule has 0 saturated heterocycles. The fraction of sp³-hybridized carbons (Fsp3) is 0. The number of hydrogen-bond acceptors (Lipinski definition) is 5. The van der Waals surface area contributed by atoms with Gasteiger partial charge in [-0.1, -0.05) is 6.07 Å². The van der Waals surface area contributed by atoms with Gasteiger partial charge >= 0.3 is 0 Å². The molecule has 3 rings (SSSR count). The zero-order valence-electron chi connectivity index (χ0n) is 10.2. The van der Waals surface area contributed by atoms with E-state index >= 15 is 0 Å². The van der Waals surface area contributed by atoms with Crippen LogP contribution in [0.3, 0.4) is 0 Å². The SMILES string of the molecule is Nc1nc2sccn2c1S(=O)(=O)Nc1c(F)cccc1Br. The summed E-state index contributed by atoms with van der Waals surface area (Å²) in [5.74, 6) is -0.834. The average Bonchev–Trinajstić information content (AvgIpc) is 2.93. The average molecular weight is 391 g/mol. The molecule has 0 aliphatic carbocycles. The number of benzene rings is 1. The number of nitrogens with zero attached hydrogens (tertiary/aromatic N) is 2. The summed E-state index contributed by atoms with van der Waals surface area (Å²) < 4.78 is 42.5. The van der Waals surface area contributed by atoms with Crippen LogP contribution < -0.4 is 10.5 Å². The molecule has 0 aliphatic heterocycles. The normalized spacial score (nSPS) is 11.9. The third-order valence-corrected chi connectivity index (χ3v) is 5.50. The number of hydrogen-bond donors (Lipinski definition) is 2. The monoisotopic (exact) mass is 390 g/mol. The zero-order chi connectivity index (χ0) is 15.2. The van der Waals surface area contributed by atoms with Crippen LogP contribution in [-0.2, 0) is 10.0 Å². The number of para-hydroxylation sites is 1. The predicted octanol–water partition coefficient (Wildman–Crippen LogP) is 2.68. The lowest BCUT2D eigenvalue weighted by Crippen LogP contribution is -2.17. The minimum atomic E-state index is -4.08. The van der Waals surface area contributed by atoms with Gasteiger partial charge in [-0.05, 0) is 28.1 Å². The number of sulfonamides is 1. The van der Waals surface area contributed by atoms with Crippen LogP contribution in [0.1, 0.15) is 0 Å². The van der Waals surface area contributed by atoms with Crippen LogP contribution >= 0.6 is 27.3 Å². The van der Waals surface area contributed by atoms with Crippen molar-refractivity contribution in [2.75, 3.05) is 10.5 Å². The topological polar surface area (TPSA) is 89.5 Å². The molecule has 2 aromatic heterocycles. The number of nitrogens with one attached hydrogen (secondary N) is 1. The molecule has 2 heterocycles. The van der Waals surface area contributed by atoms with Gasteiger partial charge in [-0.2, -0.15) is 8.42 Å². The van der Waals surface area contributed by atoms with E-state index in [1.165, 1.54) is 34.1 Å². The van der Waals surface area contributed by atoms with Crippen molar-refractivity contribution in [2.24, 2.45) is 0 Å². The molecule has 0 spiro atoms. The van der Waals surface area contributed by atoms with E-state index in [2.05, 4.69) is 25.6 Å². The first-order valence-corrected chi connectivity index (χ1v) is 8.73. The van der Waals surface area contributed by atoms with Gasteiger partial charge in [0, 0.05) is 16.0 Å². The molecular formula is C11H8BrFN4O2S2. The predicted molar refractivity (Wildman–Crippen MR) is 82.4 cm³/mol. The fourth-order valence-corrected chi connectivity index (χ4v) is 4.48. The van der Waals surface area contributed by atoms with Crippen molar-refractivity contribution in [3.05, 3.63) is 40.1 Å². The molecule has 110 valence electrons. The number of rotatable bonds is 3. The molecule has 0 unspecified atom stereocenters. The van der Waals surface area contributed by atoms with Crippen LogP contribution in [0.4, 0.5) is 15.9 Å². The van der Waals surface area contributed by atoms with Crippen LogP contribution in [0.2, 0.25) is 0 Å². The Hall–Kier alpha value is -1.65. The molecule has 6 nitrogen and oxygen atoms in total. The molecular weight excluding hydrogens is 383 g/mol. The van der Waals surface area contributed by atoms with Crippen molar-refractivity contribution in [2.45, 2.75) is 5.03 Å². The summed E-state index contributed by atoms with van der Waals surface area (Å²) in [5.41, 5.74) is 5.49. The van der Waals surface area contributed by atoms with Crippen molar-refractivity contribution in [1.29, 1.82) is 0 Å². The molecule has 3 aromatic rings. The molecule has 1 aromatic carbocycles. The minimum absolute atomic E-state index is 0.137. The zero-order valence-corrected chi connectivity index (χ0v) is 13.5. The first kappa shape index (κ1) is 14.3. The van der Waals surface area contributed by atoms with Gasteiger partial charge in [0.25, 0.3) is 10.0 Å². The highest BCUT2D eigenvalue weighted by Gasteiger charge is 2.26. The highest BCUT2D eigenvalue weighted by atomic mass is 79.9. The standard InChI is InChI=1S/C11H8BrFN4O2S2/c12-6-2-1-3-7(13)8(6)16-21(18,19)10-9(14)15-11-17(10)4-5-20-11/h1-5,16H,14H2. The Morgan fingerprint density at radius 1 is 1.43 bits per heavy atom. The molecule has 0 bridgehead atoms. The lowest BCUT2D eigenvalue weighted by molar-refractivity contribution is 0.594. The fourth-order valence-electron chi connectivity index (χ4n) is 1.83. The van der Waals surface area contributed by atoms with Crippen molar-refractivity contribution in [1.82, 2.24) is 9.38 Å². The molecule has 0 fully saturated rings. The van der Waals surface area contributed by atoms with Crippen molar-refractivity contribution in [3.8, 4) is 0 Å². The summed E-state index contributed by atoms with van der Waals surface area (Å²) >= 11 is 4.35. The van der Waals surface area contributed by atoms with E-state index < -0.39 is 15.8 Å². The van der Waals surface area contributed by atoms with Crippen LogP contribution in [0, 0.1) is 5.82 Å². The van der Waals surface area contributed by atoms with Crippen molar-refractivity contribution in [3.63, 3.8) is 0 Å². The Labute approximate surface area is 131 Å². The Kier molecular flexibility index (Phi) is 3.38. The van der Waals surface area contributed by atoms with Crippen molar-refractivity contribution < 1.29 is 12.8 Å². The van der Waals surface area contributed by atoms with Crippen LogP contribution in [-0.4, -0.2) is 17.8 Å². The summed E-state index contributed by atoms with van der Waals surface area (Å²) in [5, 5.41) is 1.47. The van der Waals surface area contributed by atoms with Crippen LogP contribution in [0.5, 0.6) is 0 Å². The lowest BCUT2D eigenvalue weighted by atomic mass is 10.3. The van der Waals surface area contributed by atoms with Gasteiger partial charge in [-0.15, -0.1) is 11.3 Å². The highest BCUT2D eigenvalue weighted by Crippen LogP contribution is 2.30. The van der Waals surface area contributed by atoms with E-state index in [9.17, 15) is 12.8 Å². The molecule has 0 atom stereocenters. The molecule has 10 heteroatoms. The minimum Gasteiger partial charge on any atom is -0.381 e. The van der Waals surface area contributed by atoms with Gasteiger partial charge in [0.1, 0.15) is 5.82 Å². The second-order valence-corrected chi connectivity index (χ2v) is 7.38. The molecule has 0 saturated carbocycles. The maximum atomic E-state index is 13.8. The Bertz CT molecular complexity index is 915. The Morgan fingerprint density at radius 2 is 2.19 bits per heavy atom. The lowest BCUT2D eigenvalue weighted by Gasteiger charge is -2.10. The third-order valence-electron chi connectivity index (χ3n) is 2.70. The van der Waals surface area contributed by atoms with E-state index in [0.29, 0.717) is 4.96 Å². The van der Waals surface area contributed by atoms with Gasteiger partial charge in [-0.3, -0.25) is 9.12 Å². The summed E-state index contributed by atoms with van der Waals surface area (Å²) in [6, 6.07) is 4.14. The number of halogens is 2. The maximum Gasteiger partial charge on any atom is 0.281 e. The Balaban J connectivity index is 2.13. The molecule has 21 heavy (non-hydrogen) atoms. The van der Waals surface area contributed by atoms with Crippen molar-refractivity contribution >= 4 is 53.8 Å². The van der Waals surface area contributed by atoms with E-state index in [1.807, 2.05) is 0 Å². The van der Waals surface area contributed by atoms with E-state index in [0.717, 1.165) is 6.07 Å². The highest BCUT2D eigenvalue weighted by molar-refractivity contribution is 9.10. The Morgan fingerprint density at radius 3 is 2.90 bits per heavy atom. The number of thiazole rings is 1. The molecule has 0 amide bonds. The van der Waals surface area contributed by atoms with E-state index in [4.69, 9.17) is 5.73 Å². The number of nitrogens with two attached hydrogens (primary N) is 1. The smallest absolute Gasteiger partial charge is 0.281 e. The first-order chi connectivity index (χ1) is 9.90. The third kappa shape index (κ3) is 2.39. The molecule has 0 radical (unpaired) electrons. The summed E-state index contributed by atoms with van der Waals surface area (Å²) in [6.45, 7) is 0. The van der Waals surface area contributed by atoms with Crippen LogP contribution in [0.25, 0.3) is 4.96 Å². The largest absolute Gasteiger partial charge is 0.381 e. The van der Waals surface area contributed by atoms with Crippen LogP contribution in [0.15, 0.2) is 39.3 Å². The number of aromatic nitrogens is 2. The van der Waals surface area contributed by atoms with Gasteiger partial charge in [0.05, 0.1) is 5.69 Å². The summed E-state index contributed by atoms with van der Waals surface area (Å²) in [7, 11) is -4.08. The van der Waals surface area contributed by atoms with Gasteiger partial charge in [-0.25, -0.2) is 9.37 Å². The van der Waals surface area contributed by atoms with E-state index in [1.54, 1.807) is 5.38 Å². The number of anilines is 2. The summed E-state index contributed by atoms with van der Waals surface area (Å²) in [6.07, 6.45) is 1.54. The van der Waals surface area contributed by atoms with E-state index in [-0.39, 0.29) is 21.0 Å². The van der Waals surface area contributed by atoms with Gasteiger partial charge in [0.2, 0.25) is 5.03 Å². The molecule has 0 aliphatic rings. The molecule has 3 N–H and O–H groups in total.